The van der Waals surface area contributed by atoms with Gasteiger partial charge in [0.05, 0.1) is 6.54 Å². The zero-order chi connectivity index (χ0) is 13.7. The van der Waals surface area contributed by atoms with Crippen molar-refractivity contribution in [2.45, 2.75) is 6.42 Å². The smallest absolute Gasteiger partial charge is 0.236 e. The number of likely N-dealkylation sites (N-methyl/N-ethyl adjacent to an activating group) is 1. The van der Waals surface area contributed by atoms with Crippen molar-refractivity contribution in [1.29, 1.82) is 0 Å². The minimum Gasteiger partial charge on any atom is -0.339 e. The van der Waals surface area contributed by atoms with Crippen molar-refractivity contribution in [3.8, 4) is 0 Å². The molecule has 6 nitrogen and oxygen atoms in total. The van der Waals surface area contributed by atoms with Gasteiger partial charge in [-0.2, -0.15) is 5.10 Å². The summed E-state index contributed by atoms with van der Waals surface area (Å²) in [5, 5.41) is 7.40. The number of nitrogens with one attached hydrogen (secondary N) is 1. The first-order chi connectivity index (χ1) is 9.16. The maximum Gasteiger partial charge on any atom is 0.236 e. The van der Waals surface area contributed by atoms with E-state index in [9.17, 15) is 4.79 Å². The molecule has 1 aromatic rings. The lowest BCUT2D eigenvalue weighted by atomic mass is 10.3. The summed E-state index contributed by atoms with van der Waals surface area (Å²) in [4.78, 5) is 16.1. The Morgan fingerprint density at radius 1 is 1.47 bits per heavy atom. The highest BCUT2D eigenvalue weighted by molar-refractivity contribution is 5.78. The molecular weight excluding hydrogens is 242 g/mol. The molecule has 1 amide bonds. The van der Waals surface area contributed by atoms with Gasteiger partial charge in [-0.1, -0.05) is 0 Å². The molecule has 0 unspecified atom stereocenters. The van der Waals surface area contributed by atoms with E-state index < -0.39 is 0 Å². The van der Waals surface area contributed by atoms with Crippen LogP contribution in [0.2, 0.25) is 0 Å². The van der Waals surface area contributed by atoms with Crippen LogP contribution < -0.4 is 5.32 Å². The largest absolute Gasteiger partial charge is 0.339 e. The topological polar surface area (TPSA) is 53.4 Å². The SMILES string of the molecule is CN(CCc1ccnn1C)CC(=O)N1CCNCC1. The normalized spacial score (nSPS) is 16.1. The average Bonchev–Trinajstić information content (AvgIpc) is 2.83. The van der Waals surface area contributed by atoms with Crippen LogP contribution in [-0.2, 0) is 18.3 Å². The summed E-state index contributed by atoms with van der Waals surface area (Å²) >= 11 is 0. The van der Waals surface area contributed by atoms with Gasteiger partial charge < -0.3 is 10.2 Å². The highest BCUT2D eigenvalue weighted by atomic mass is 16.2. The van der Waals surface area contributed by atoms with Gasteiger partial charge in [0, 0.05) is 58.1 Å². The van der Waals surface area contributed by atoms with Gasteiger partial charge in [0.15, 0.2) is 0 Å². The molecule has 0 spiro atoms. The number of hydrogen-bond donors (Lipinski definition) is 1. The van der Waals surface area contributed by atoms with Crippen LogP contribution in [0.5, 0.6) is 0 Å². The molecule has 1 aliphatic heterocycles. The molecular formula is C13H23N5O. The van der Waals surface area contributed by atoms with Crippen LogP contribution in [0.3, 0.4) is 0 Å². The van der Waals surface area contributed by atoms with E-state index in [1.165, 1.54) is 5.69 Å². The van der Waals surface area contributed by atoms with Crippen molar-refractivity contribution >= 4 is 5.91 Å². The van der Waals surface area contributed by atoms with E-state index >= 15 is 0 Å². The second-order valence-electron chi connectivity index (χ2n) is 5.06. The summed E-state index contributed by atoms with van der Waals surface area (Å²) in [5.41, 5.74) is 1.20. The molecule has 6 heteroatoms. The molecule has 0 atom stereocenters. The lowest BCUT2D eigenvalue weighted by Gasteiger charge is -2.29. The van der Waals surface area contributed by atoms with Crippen LogP contribution in [0.25, 0.3) is 0 Å². The maximum absolute atomic E-state index is 12.1. The number of rotatable bonds is 5. The molecule has 1 fully saturated rings. The van der Waals surface area contributed by atoms with E-state index in [-0.39, 0.29) is 5.91 Å². The lowest BCUT2D eigenvalue weighted by Crippen LogP contribution is -2.49. The summed E-state index contributed by atoms with van der Waals surface area (Å²) in [7, 11) is 3.94. The Labute approximate surface area is 114 Å². The highest BCUT2D eigenvalue weighted by Gasteiger charge is 2.17. The van der Waals surface area contributed by atoms with E-state index in [4.69, 9.17) is 0 Å². The van der Waals surface area contributed by atoms with E-state index in [0.717, 1.165) is 39.1 Å². The third-order valence-electron chi connectivity index (χ3n) is 3.55. The van der Waals surface area contributed by atoms with Crippen molar-refractivity contribution in [2.24, 2.45) is 7.05 Å². The Balaban J connectivity index is 1.73. The molecule has 0 saturated carbocycles. The van der Waals surface area contributed by atoms with Gasteiger partial charge >= 0.3 is 0 Å². The van der Waals surface area contributed by atoms with Crippen molar-refractivity contribution in [3.05, 3.63) is 18.0 Å². The summed E-state index contributed by atoms with van der Waals surface area (Å²) in [6, 6.07) is 2.02. The Morgan fingerprint density at radius 2 is 2.21 bits per heavy atom. The fourth-order valence-electron chi connectivity index (χ4n) is 2.28. The molecule has 1 saturated heterocycles. The third-order valence-corrected chi connectivity index (χ3v) is 3.55. The van der Waals surface area contributed by atoms with Crippen LogP contribution in [0.1, 0.15) is 5.69 Å². The first-order valence-electron chi connectivity index (χ1n) is 6.81. The Kier molecular flexibility index (Phi) is 4.93. The fraction of sp³-hybridized carbons (Fsp3) is 0.692. The average molecular weight is 265 g/mol. The van der Waals surface area contributed by atoms with Crippen LogP contribution in [-0.4, -0.2) is 71.8 Å². The molecule has 2 rings (SSSR count). The van der Waals surface area contributed by atoms with Crippen molar-refractivity contribution in [1.82, 2.24) is 24.9 Å². The van der Waals surface area contributed by atoms with E-state index in [0.29, 0.717) is 6.54 Å². The van der Waals surface area contributed by atoms with Crippen molar-refractivity contribution < 1.29 is 4.79 Å². The number of carbonyl (C=O) groups is 1. The zero-order valence-electron chi connectivity index (χ0n) is 11.8. The first kappa shape index (κ1) is 14.0. The number of aromatic nitrogens is 2. The Morgan fingerprint density at radius 3 is 2.84 bits per heavy atom. The minimum absolute atomic E-state index is 0.231. The maximum atomic E-state index is 12.1. The van der Waals surface area contributed by atoms with Crippen LogP contribution in [0.4, 0.5) is 0 Å². The molecule has 0 radical (unpaired) electrons. The lowest BCUT2D eigenvalue weighted by molar-refractivity contribution is -0.132. The van der Waals surface area contributed by atoms with Crippen LogP contribution in [0, 0.1) is 0 Å². The molecule has 106 valence electrons. The van der Waals surface area contributed by atoms with Crippen molar-refractivity contribution in [2.75, 3.05) is 46.3 Å². The molecule has 19 heavy (non-hydrogen) atoms. The quantitative estimate of drug-likeness (QED) is 0.767. The standard InChI is InChI=1S/C13H23N5O/c1-16(8-4-12-3-5-15-17(12)2)11-13(19)18-9-6-14-7-10-18/h3,5,14H,4,6-11H2,1-2H3. The second-order valence-corrected chi connectivity index (χ2v) is 5.06. The summed E-state index contributed by atoms with van der Waals surface area (Å²) in [5.74, 6) is 0.231. The third kappa shape index (κ3) is 4.04. The number of piperazine rings is 1. The number of aryl methyl sites for hydroxylation is 1. The van der Waals surface area contributed by atoms with Gasteiger partial charge in [0.25, 0.3) is 0 Å². The van der Waals surface area contributed by atoms with Gasteiger partial charge in [0.1, 0.15) is 0 Å². The molecule has 2 heterocycles. The fourth-order valence-corrected chi connectivity index (χ4v) is 2.28. The summed E-state index contributed by atoms with van der Waals surface area (Å²) < 4.78 is 1.88. The highest BCUT2D eigenvalue weighted by Crippen LogP contribution is 2.00. The van der Waals surface area contributed by atoms with E-state index in [2.05, 4.69) is 15.3 Å². The van der Waals surface area contributed by atoms with Gasteiger partial charge in [-0.05, 0) is 13.1 Å². The van der Waals surface area contributed by atoms with Crippen LogP contribution in [0.15, 0.2) is 12.3 Å². The number of nitrogens with zero attached hydrogens (tertiary/aromatic N) is 4. The monoisotopic (exact) mass is 265 g/mol. The van der Waals surface area contributed by atoms with Gasteiger partial charge in [-0.15, -0.1) is 0 Å². The Bertz CT molecular complexity index is 411. The molecule has 0 aliphatic carbocycles. The Hall–Kier alpha value is -1.40. The van der Waals surface area contributed by atoms with E-state index in [1.54, 1.807) is 6.20 Å². The molecule has 0 aromatic carbocycles. The minimum atomic E-state index is 0.231. The van der Waals surface area contributed by atoms with Crippen LogP contribution >= 0.6 is 0 Å². The number of hydrogen-bond acceptors (Lipinski definition) is 4. The van der Waals surface area contributed by atoms with Gasteiger partial charge in [-0.25, -0.2) is 0 Å². The molecule has 1 aliphatic rings. The zero-order valence-corrected chi connectivity index (χ0v) is 11.8. The summed E-state index contributed by atoms with van der Waals surface area (Å²) in [6.07, 6.45) is 2.73. The van der Waals surface area contributed by atoms with E-state index in [1.807, 2.05) is 29.7 Å². The summed E-state index contributed by atoms with van der Waals surface area (Å²) in [6.45, 7) is 4.84. The second kappa shape index (κ2) is 6.68. The van der Waals surface area contributed by atoms with Crippen molar-refractivity contribution in [3.63, 3.8) is 0 Å². The first-order valence-corrected chi connectivity index (χ1v) is 6.81. The molecule has 0 bridgehead atoms. The number of amides is 1. The van der Waals surface area contributed by atoms with Gasteiger partial charge in [0.2, 0.25) is 5.91 Å². The predicted octanol–water partition coefficient (Wildman–Crippen LogP) is -0.674. The molecule has 1 aromatic heterocycles. The number of carbonyl (C=O) groups excluding carboxylic acids is 1. The molecule has 1 N–H and O–H groups in total. The van der Waals surface area contributed by atoms with Gasteiger partial charge in [-0.3, -0.25) is 14.4 Å². The predicted molar refractivity (Wildman–Crippen MR) is 73.9 cm³/mol.